The topological polar surface area (TPSA) is 36.4 Å². The van der Waals surface area contributed by atoms with Crippen molar-refractivity contribution in [3.05, 3.63) is 29.1 Å². The van der Waals surface area contributed by atoms with Gasteiger partial charge in [0.25, 0.3) is 5.91 Å². The lowest BCUT2D eigenvalue weighted by Gasteiger charge is -2.33. The maximum atomic E-state index is 12.9. The third-order valence-electron chi connectivity index (χ3n) is 5.19. The Morgan fingerprint density at radius 1 is 1.17 bits per heavy atom. The maximum Gasteiger partial charge on any atom is 0.433 e. The van der Waals surface area contributed by atoms with Gasteiger partial charge in [0.05, 0.1) is 11.3 Å². The molecule has 4 nitrogen and oxygen atoms in total. The number of halogens is 3. The first-order valence-electron chi connectivity index (χ1n) is 8.35. The van der Waals surface area contributed by atoms with E-state index in [2.05, 4.69) is 16.9 Å². The molecular weight excluding hydrogens is 319 g/mol. The standard InChI is InChI=1S/C17H22F3N3O/c1-11-12(7-8-15(21-11)17(18,19)20)16(24)23-10-4-6-14(23)13-5-3-9-22(13)2/h7-8,13-14H,3-6,9-10H2,1-2H3/t13-,14+/m0/s1. The van der Waals surface area contributed by atoms with E-state index in [-0.39, 0.29) is 23.2 Å². The van der Waals surface area contributed by atoms with Crippen LogP contribution in [-0.4, -0.2) is 52.9 Å². The number of likely N-dealkylation sites (tertiary alicyclic amines) is 2. The average molecular weight is 341 g/mol. The highest BCUT2D eigenvalue weighted by Crippen LogP contribution is 2.32. The molecule has 2 aliphatic heterocycles. The van der Waals surface area contributed by atoms with Crippen LogP contribution in [0.15, 0.2) is 12.1 Å². The highest BCUT2D eigenvalue weighted by molar-refractivity contribution is 5.95. The molecule has 24 heavy (non-hydrogen) atoms. The second-order valence-corrected chi connectivity index (χ2v) is 6.73. The van der Waals surface area contributed by atoms with E-state index in [9.17, 15) is 18.0 Å². The monoisotopic (exact) mass is 341 g/mol. The molecule has 1 aromatic rings. The van der Waals surface area contributed by atoms with Crippen LogP contribution in [0.4, 0.5) is 13.2 Å². The number of alkyl halides is 3. The second-order valence-electron chi connectivity index (χ2n) is 6.73. The molecule has 0 N–H and O–H groups in total. The van der Waals surface area contributed by atoms with Gasteiger partial charge in [-0.2, -0.15) is 13.2 Å². The van der Waals surface area contributed by atoms with Crippen LogP contribution in [0.25, 0.3) is 0 Å². The molecule has 0 radical (unpaired) electrons. The molecule has 0 aromatic carbocycles. The third-order valence-corrected chi connectivity index (χ3v) is 5.19. The first-order chi connectivity index (χ1) is 11.3. The van der Waals surface area contributed by atoms with E-state index >= 15 is 0 Å². The van der Waals surface area contributed by atoms with Crippen molar-refractivity contribution < 1.29 is 18.0 Å². The Morgan fingerprint density at radius 3 is 2.42 bits per heavy atom. The molecule has 2 saturated heterocycles. The van der Waals surface area contributed by atoms with Gasteiger partial charge in [-0.05, 0) is 58.3 Å². The minimum atomic E-state index is -4.49. The van der Waals surface area contributed by atoms with E-state index in [4.69, 9.17) is 0 Å². The predicted molar refractivity (Wildman–Crippen MR) is 83.7 cm³/mol. The van der Waals surface area contributed by atoms with Gasteiger partial charge in [-0.3, -0.25) is 4.79 Å². The maximum absolute atomic E-state index is 12.9. The first-order valence-corrected chi connectivity index (χ1v) is 8.35. The number of aromatic nitrogens is 1. The highest BCUT2D eigenvalue weighted by atomic mass is 19.4. The Labute approximate surface area is 139 Å². The Kier molecular flexibility index (Phi) is 4.55. The fourth-order valence-corrected chi connectivity index (χ4v) is 3.97. The molecule has 1 amide bonds. The summed E-state index contributed by atoms with van der Waals surface area (Å²) in [4.78, 5) is 20.6. The van der Waals surface area contributed by atoms with Gasteiger partial charge in [-0.25, -0.2) is 4.98 Å². The number of likely N-dealkylation sites (N-methyl/N-ethyl adjacent to an activating group) is 1. The number of hydrogen-bond donors (Lipinski definition) is 0. The van der Waals surface area contributed by atoms with Crippen LogP contribution in [0.2, 0.25) is 0 Å². The summed E-state index contributed by atoms with van der Waals surface area (Å²) >= 11 is 0. The Hall–Kier alpha value is -1.63. The zero-order chi connectivity index (χ0) is 17.5. The number of pyridine rings is 1. The minimum Gasteiger partial charge on any atom is -0.334 e. The molecule has 2 aliphatic rings. The summed E-state index contributed by atoms with van der Waals surface area (Å²) in [5, 5.41) is 0. The molecule has 132 valence electrons. The van der Waals surface area contributed by atoms with Gasteiger partial charge >= 0.3 is 6.18 Å². The van der Waals surface area contributed by atoms with Crippen molar-refractivity contribution in [3.8, 4) is 0 Å². The lowest BCUT2D eigenvalue weighted by Crippen LogP contribution is -2.47. The van der Waals surface area contributed by atoms with E-state index in [0.717, 1.165) is 38.3 Å². The molecule has 2 atom stereocenters. The number of hydrogen-bond acceptors (Lipinski definition) is 3. The fourth-order valence-electron chi connectivity index (χ4n) is 3.97. The average Bonchev–Trinajstić information content (AvgIpc) is 3.13. The largest absolute Gasteiger partial charge is 0.433 e. The number of nitrogens with zero attached hydrogens (tertiary/aromatic N) is 3. The lowest BCUT2D eigenvalue weighted by molar-refractivity contribution is -0.141. The molecule has 2 fully saturated rings. The quantitative estimate of drug-likeness (QED) is 0.829. The van der Waals surface area contributed by atoms with Crippen LogP contribution in [-0.2, 0) is 6.18 Å². The van der Waals surface area contributed by atoms with E-state index in [0.29, 0.717) is 12.6 Å². The van der Waals surface area contributed by atoms with Crippen molar-refractivity contribution >= 4 is 5.91 Å². The van der Waals surface area contributed by atoms with Gasteiger partial charge in [0, 0.05) is 18.6 Å². The predicted octanol–water partition coefficient (Wildman–Crippen LogP) is 3.11. The van der Waals surface area contributed by atoms with Gasteiger partial charge in [-0.15, -0.1) is 0 Å². The normalized spacial score (nSPS) is 25.5. The van der Waals surface area contributed by atoms with Crippen LogP contribution in [0.1, 0.15) is 47.4 Å². The Bertz CT molecular complexity index is 632. The van der Waals surface area contributed by atoms with Crippen molar-refractivity contribution in [2.24, 2.45) is 0 Å². The molecule has 1 aromatic heterocycles. The number of carbonyl (C=O) groups is 1. The van der Waals surface area contributed by atoms with Crippen LogP contribution in [0.5, 0.6) is 0 Å². The van der Waals surface area contributed by atoms with E-state index in [1.54, 1.807) is 0 Å². The second kappa shape index (κ2) is 6.35. The molecule has 0 spiro atoms. The molecular formula is C17H22F3N3O. The fraction of sp³-hybridized carbons (Fsp3) is 0.647. The van der Waals surface area contributed by atoms with Crippen LogP contribution < -0.4 is 0 Å². The highest BCUT2D eigenvalue weighted by Gasteiger charge is 2.39. The van der Waals surface area contributed by atoms with E-state index in [1.807, 2.05) is 4.90 Å². The van der Waals surface area contributed by atoms with Crippen molar-refractivity contribution in [1.82, 2.24) is 14.8 Å². The van der Waals surface area contributed by atoms with Gasteiger partial charge in [0.2, 0.25) is 0 Å². The van der Waals surface area contributed by atoms with Gasteiger partial charge < -0.3 is 9.80 Å². The molecule has 7 heteroatoms. The third kappa shape index (κ3) is 3.14. The first kappa shape index (κ1) is 17.2. The molecule has 0 unspecified atom stereocenters. The van der Waals surface area contributed by atoms with Crippen LogP contribution in [0.3, 0.4) is 0 Å². The van der Waals surface area contributed by atoms with E-state index < -0.39 is 11.9 Å². The summed E-state index contributed by atoms with van der Waals surface area (Å²) < 4.78 is 38.2. The molecule has 0 aliphatic carbocycles. The Balaban J connectivity index is 1.83. The molecule has 0 bridgehead atoms. The van der Waals surface area contributed by atoms with Crippen LogP contribution in [0, 0.1) is 6.92 Å². The number of aryl methyl sites for hydroxylation is 1. The van der Waals surface area contributed by atoms with Crippen molar-refractivity contribution in [3.63, 3.8) is 0 Å². The van der Waals surface area contributed by atoms with Crippen molar-refractivity contribution in [2.45, 2.75) is 50.9 Å². The summed E-state index contributed by atoms with van der Waals surface area (Å²) in [6.45, 7) is 3.16. The lowest BCUT2D eigenvalue weighted by atomic mass is 10.0. The zero-order valence-corrected chi connectivity index (χ0v) is 13.9. The SMILES string of the molecule is Cc1nc(C(F)(F)F)ccc1C(=O)N1CCC[C@@H]1[C@@H]1CCCN1C. The van der Waals surface area contributed by atoms with Crippen molar-refractivity contribution in [1.29, 1.82) is 0 Å². The molecule has 3 heterocycles. The summed E-state index contributed by atoms with van der Waals surface area (Å²) in [7, 11) is 2.07. The summed E-state index contributed by atoms with van der Waals surface area (Å²) in [6.07, 6.45) is -0.410. The number of rotatable bonds is 2. The van der Waals surface area contributed by atoms with Gasteiger partial charge in [0.1, 0.15) is 5.69 Å². The Morgan fingerprint density at radius 2 is 1.83 bits per heavy atom. The van der Waals surface area contributed by atoms with Gasteiger partial charge in [-0.1, -0.05) is 0 Å². The number of amides is 1. The van der Waals surface area contributed by atoms with Crippen molar-refractivity contribution in [2.75, 3.05) is 20.1 Å². The van der Waals surface area contributed by atoms with Gasteiger partial charge in [0.15, 0.2) is 0 Å². The number of carbonyl (C=O) groups excluding carboxylic acids is 1. The zero-order valence-electron chi connectivity index (χ0n) is 13.9. The smallest absolute Gasteiger partial charge is 0.334 e. The summed E-state index contributed by atoms with van der Waals surface area (Å²) in [5.74, 6) is -0.198. The summed E-state index contributed by atoms with van der Waals surface area (Å²) in [6, 6.07) is 2.65. The molecule has 3 rings (SSSR count). The summed E-state index contributed by atoms with van der Waals surface area (Å²) in [5.41, 5.74) is -0.541. The van der Waals surface area contributed by atoms with E-state index in [1.165, 1.54) is 13.0 Å². The minimum absolute atomic E-state index is 0.139. The van der Waals surface area contributed by atoms with Crippen LogP contribution >= 0.6 is 0 Å². The molecule has 0 saturated carbocycles.